The van der Waals surface area contributed by atoms with Crippen molar-refractivity contribution in [1.29, 1.82) is 0 Å². The number of piperidine rings is 1. The Bertz CT molecular complexity index is 1160. The minimum absolute atomic E-state index is 0. The molecule has 222 valence electrons. The fourth-order valence-electron chi connectivity index (χ4n) is 5.90. The van der Waals surface area contributed by atoms with E-state index < -0.39 is 10.0 Å². The normalized spacial score (nSPS) is 17.1. The Morgan fingerprint density at radius 1 is 1.02 bits per heavy atom. The quantitative estimate of drug-likeness (QED) is 0.292. The molecular formula is C31H46ClN3O4S. The number of nitrogens with zero attached hydrogens (tertiary/aromatic N) is 2. The van der Waals surface area contributed by atoms with Crippen LogP contribution in [-0.4, -0.2) is 56.1 Å². The summed E-state index contributed by atoms with van der Waals surface area (Å²) in [5, 5.41) is 0. The van der Waals surface area contributed by atoms with Crippen LogP contribution in [0.4, 0.5) is 5.69 Å². The standard InChI is InChI=1S/C31H45N3O4S.ClH/c1-3-4-19-34(31(35)23-25-11-7-5-8-12-25)27-17-20-33(21-18-27)24-26-15-16-30(29(22-26)32-39(2,36)37)38-28-13-9-6-10-14-28;/h6,9-10,13-16,22,25,27,32H,3-5,7-8,11-12,17-21,23-24H2,1-2H3;1H. The molecule has 0 bridgehead atoms. The summed E-state index contributed by atoms with van der Waals surface area (Å²) in [7, 11) is -3.47. The number of halogens is 1. The smallest absolute Gasteiger partial charge is 0.229 e. The van der Waals surface area contributed by atoms with Gasteiger partial charge in [0.05, 0.1) is 11.9 Å². The van der Waals surface area contributed by atoms with Crippen molar-refractivity contribution in [3.8, 4) is 11.5 Å². The number of carbonyl (C=O) groups is 1. The van der Waals surface area contributed by atoms with Crippen molar-refractivity contribution in [3.05, 3.63) is 54.1 Å². The van der Waals surface area contributed by atoms with Crippen LogP contribution in [0.1, 0.15) is 76.7 Å². The largest absolute Gasteiger partial charge is 0.455 e. The molecule has 1 aliphatic carbocycles. The Labute approximate surface area is 247 Å². The molecule has 1 N–H and O–H groups in total. The number of para-hydroxylation sites is 1. The number of ether oxygens (including phenoxy) is 1. The molecule has 2 fully saturated rings. The number of unbranched alkanes of at least 4 members (excludes halogenated alkanes) is 1. The van der Waals surface area contributed by atoms with Crippen molar-refractivity contribution < 1.29 is 17.9 Å². The first-order valence-corrected chi connectivity index (χ1v) is 16.6. The molecule has 40 heavy (non-hydrogen) atoms. The number of nitrogens with one attached hydrogen (secondary N) is 1. The molecule has 9 heteroatoms. The number of likely N-dealkylation sites (tertiary alicyclic amines) is 1. The third kappa shape index (κ3) is 9.96. The molecule has 2 aromatic rings. The van der Waals surface area contributed by atoms with Gasteiger partial charge < -0.3 is 9.64 Å². The van der Waals surface area contributed by atoms with Gasteiger partial charge in [-0.2, -0.15) is 0 Å². The van der Waals surface area contributed by atoms with Crippen LogP contribution in [0.15, 0.2) is 48.5 Å². The Hall–Kier alpha value is -2.29. The lowest BCUT2D eigenvalue weighted by atomic mass is 9.86. The summed E-state index contributed by atoms with van der Waals surface area (Å²) in [5.41, 5.74) is 1.46. The molecule has 1 amide bonds. The predicted molar refractivity (Wildman–Crippen MR) is 165 cm³/mol. The van der Waals surface area contributed by atoms with Crippen LogP contribution < -0.4 is 9.46 Å². The molecule has 0 aromatic heterocycles. The number of carbonyl (C=O) groups excluding carboxylic acids is 1. The van der Waals surface area contributed by atoms with Crippen LogP contribution in [0.3, 0.4) is 0 Å². The lowest BCUT2D eigenvalue weighted by molar-refractivity contribution is -0.136. The van der Waals surface area contributed by atoms with Gasteiger partial charge in [-0.25, -0.2) is 8.42 Å². The number of sulfonamides is 1. The maximum absolute atomic E-state index is 13.3. The second kappa shape index (κ2) is 15.6. The average molecular weight is 592 g/mol. The number of hydrogen-bond donors (Lipinski definition) is 1. The molecule has 1 aliphatic heterocycles. The van der Waals surface area contributed by atoms with Gasteiger partial charge in [-0.15, -0.1) is 12.4 Å². The fraction of sp³-hybridized carbons (Fsp3) is 0.581. The van der Waals surface area contributed by atoms with Crippen LogP contribution in [0.5, 0.6) is 11.5 Å². The highest BCUT2D eigenvalue weighted by atomic mass is 35.5. The fourth-order valence-corrected chi connectivity index (χ4v) is 6.46. The number of benzene rings is 2. The zero-order chi connectivity index (χ0) is 27.7. The zero-order valence-electron chi connectivity index (χ0n) is 24.0. The Balaban J connectivity index is 0.00000441. The first kappa shape index (κ1) is 32.2. The average Bonchev–Trinajstić information content (AvgIpc) is 2.91. The number of rotatable bonds is 12. The van der Waals surface area contributed by atoms with Crippen molar-refractivity contribution in [2.45, 2.75) is 83.7 Å². The van der Waals surface area contributed by atoms with E-state index in [0.717, 1.165) is 70.1 Å². The van der Waals surface area contributed by atoms with Crippen molar-refractivity contribution >= 4 is 34.0 Å². The van der Waals surface area contributed by atoms with Gasteiger partial charge in [0.25, 0.3) is 0 Å². The van der Waals surface area contributed by atoms with Crippen molar-refractivity contribution in [2.75, 3.05) is 30.6 Å². The van der Waals surface area contributed by atoms with Gasteiger partial charge in [-0.1, -0.05) is 56.9 Å². The van der Waals surface area contributed by atoms with Crippen LogP contribution >= 0.6 is 12.4 Å². The van der Waals surface area contributed by atoms with Gasteiger partial charge in [-0.3, -0.25) is 14.4 Å². The van der Waals surface area contributed by atoms with Crippen LogP contribution in [0.2, 0.25) is 0 Å². The molecule has 1 heterocycles. The predicted octanol–water partition coefficient (Wildman–Crippen LogP) is 6.84. The number of hydrogen-bond acceptors (Lipinski definition) is 5. The SMILES string of the molecule is CCCCN(C(=O)CC1CCCCC1)C1CCN(Cc2ccc(Oc3ccccc3)c(NS(C)(=O)=O)c2)CC1.Cl. The summed E-state index contributed by atoms with van der Waals surface area (Å²) in [4.78, 5) is 18.0. The zero-order valence-corrected chi connectivity index (χ0v) is 25.6. The third-order valence-electron chi connectivity index (χ3n) is 7.98. The highest BCUT2D eigenvalue weighted by Crippen LogP contribution is 2.32. The molecule has 1 saturated heterocycles. The van der Waals surface area contributed by atoms with Gasteiger partial charge in [0.15, 0.2) is 5.75 Å². The summed E-state index contributed by atoms with van der Waals surface area (Å²) in [5.74, 6) is 2.05. The molecule has 0 radical (unpaired) electrons. The summed E-state index contributed by atoms with van der Waals surface area (Å²) in [6.07, 6.45) is 12.2. The molecule has 2 aromatic carbocycles. The molecule has 1 saturated carbocycles. The first-order valence-electron chi connectivity index (χ1n) is 14.7. The minimum Gasteiger partial charge on any atom is -0.455 e. The highest BCUT2D eigenvalue weighted by molar-refractivity contribution is 7.92. The van der Waals surface area contributed by atoms with E-state index in [2.05, 4.69) is 21.4 Å². The van der Waals surface area contributed by atoms with Gasteiger partial charge in [0.1, 0.15) is 5.75 Å². The van der Waals surface area contributed by atoms with E-state index in [4.69, 9.17) is 4.74 Å². The van der Waals surface area contributed by atoms with E-state index in [-0.39, 0.29) is 12.4 Å². The number of anilines is 1. The van der Waals surface area contributed by atoms with Crippen molar-refractivity contribution in [1.82, 2.24) is 9.80 Å². The van der Waals surface area contributed by atoms with E-state index in [0.29, 0.717) is 35.1 Å². The Morgan fingerprint density at radius 3 is 2.38 bits per heavy atom. The maximum Gasteiger partial charge on any atom is 0.229 e. The second-order valence-electron chi connectivity index (χ2n) is 11.3. The van der Waals surface area contributed by atoms with Crippen LogP contribution in [0.25, 0.3) is 0 Å². The molecule has 4 rings (SSSR count). The topological polar surface area (TPSA) is 79.0 Å². The monoisotopic (exact) mass is 591 g/mol. The van der Waals surface area contributed by atoms with E-state index >= 15 is 0 Å². The van der Waals surface area contributed by atoms with Crippen LogP contribution in [-0.2, 0) is 21.4 Å². The van der Waals surface area contributed by atoms with Crippen LogP contribution in [0, 0.1) is 5.92 Å². The van der Waals surface area contributed by atoms with E-state index in [9.17, 15) is 13.2 Å². The molecule has 7 nitrogen and oxygen atoms in total. The molecule has 0 spiro atoms. The summed E-state index contributed by atoms with van der Waals surface area (Å²) in [6, 6.07) is 15.4. The van der Waals surface area contributed by atoms with E-state index in [1.807, 2.05) is 48.5 Å². The van der Waals surface area contributed by atoms with Gasteiger partial charge in [-0.05, 0) is 67.9 Å². The second-order valence-corrected chi connectivity index (χ2v) is 13.0. The highest BCUT2D eigenvalue weighted by Gasteiger charge is 2.29. The summed E-state index contributed by atoms with van der Waals surface area (Å²) < 4.78 is 32.7. The van der Waals surface area contributed by atoms with Gasteiger partial charge in [0.2, 0.25) is 15.9 Å². The third-order valence-corrected chi connectivity index (χ3v) is 8.57. The minimum atomic E-state index is -3.47. The lowest BCUT2D eigenvalue weighted by Gasteiger charge is -2.39. The Morgan fingerprint density at radius 2 is 1.73 bits per heavy atom. The lowest BCUT2D eigenvalue weighted by Crippen LogP contribution is -2.48. The number of amides is 1. The summed E-state index contributed by atoms with van der Waals surface area (Å²) in [6.45, 7) is 5.62. The molecule has 2 aliphatic rings. The van der Waals surface area contributed by atoms with Gasteiger partial charge in [0, 0.05) is 38.6 Å². The summed E-state index contributed by atoms with van der Waals surface area (Å²) >= 11 is 0. The maximum atomic E-state index is 13.3. The molecule has 0 atom stereocenters. The van der Waals surface area contributed by atoms with Crippen molar-refractivity contribution in [3.63, 3.8) is 0 Å². The van der Waals surface area contributed by atoms with Crippen molar-refractivity contribution in [2.24, 2.45) is 5.92 Å². The Kier molecular flexibility index (Phi) is 12.6. The molecular weight excluding hydrogens is 546 g/mol. The van der Waals surface area contributed by atoms with Gasteiger partial charge >= 0.3 is 0 Å². The van der Waals surface area contributed by atoms with E-state index in [1.165, 1.54) is 32.1 Å². The van der Waals surface area contributed by atoms with E-state index in [1.54, 1.807) is 0 Å². The molecule has 0 unspecified atom stereocenters. The first-order chi connectivity index (χ1) is 18.8.